The number of sulfonamides is 1. The Hall–Kier alpha value is -5.02. The van der Waals surface area contributed by atoms with Gasteiger partial charge in [-0.2, -0.15) is 0 Å². The van der Waals surface area contributed by atoms with E-state index < -0.39 is 56.8 Å². The number of H-pyrrole nitrogens is 1. The number of carbonyl (C=O) groups is 3. The molecule has 1 saturated heterocycles. The van der Waals surface area contributed by atoms with Crippen molar-refractivity contribution in [1.29, 1.82) is 0 Å². The van der Waals surface area contributed by atoms with E-state index in [1.807, 2.05) is 43.3 Å². The molecule has 0 spiro atoms. The molecule has 4 atom stereocenters. The van der Waals surface area contributed by atoms with Gasteiger partial charge >= 0.3 is 0 Å². The van der Waals surface area contributed by atoms with Crippen LogP contribution in [-0.4, -0.2) is 93.8 Å². The third kappa shape index (κ3) is 7.99. The van der Waals surface area contributed by atoms with Crippen LogP contribution >= 0.6 is 0 Å². The summed E-state index contributed by atoms with van der Waals surface area (Å²) >= 11 is 0. The molecule has 1 aliphatic heterocycles. The highest BCUT2D eigenvalue weighted by Gasteiger charge is 2.47. The lowest BCUT2D eigenvalue weighted by atomic mass is 9.94. The lowest BCUT2D eigenvalue weighted by Gasteiger charge is -2.32. The fraction of sp³-hybridized carbons (Fsp3) is 0.417. The van der Waals surface area contributed by atoms with E-state index in [1.54, 1.807) is 31.5 Å². The molecular formula is C36H42N6O8S. The number of pyridine rings is 1. The number of hydrogen-bond donors (Lipinski definition) is 4. The van der Waals surface area contributed by atoms with Crippen LogP contribution in [0, 0.1) is 0 Å². The van der Waals surface area contributed by atoms with Gasteiger partial charge in [0.05, 0.1) is 42.1 Å². The number of aromatic amines is 1. The van der Waals surface area contributed by atoms with Crippen molar-refractivity contribution in [3.8, 4) is 22.8 Å². The predicted molar refractivity (Wildman–Crippen MR) is 188 cm³/mol. The minimum absolute atomic E-state index is 0.0253. The van der Waals surface area contributed by atoms with Gasteiger partial charge in [-0.1, -0.05) is 43.7 Å². The number of nitrogens with one attached hydrogen (secondary N) is 3. The van der Waals surface area contributed by atoms with Gasteiger partial charge in [-0.25, -0.2) is 18.4 Å². The van der Waals surface area contributed by atoms with Crippen molar-refractivity contribution >= 4 is 38.6 Å². The third-order valence-corrected chi connectivity index (χ3v) is 11.1. The molecule has 2 fully saturated rings. The van der Waals surface area contributed by atoms with E-state index >= 15 is 0 Å². The van der Waals surface area contributed by atoms with Crippen molar-refractivity contribution in [2.75, 3.05) is 13.7 Å². The molecule has 3 heterocycles. The molecule has 4 aromatic rings. The minimum Gasteiger partial charge on any atom is -0.497 e. The highest BCUT2D eigenvalue weighted by molar-refractivity contribution is 7.91. The van der Waals surface area contributed by atoms with Crippen LogP contribution in [0.3, 0.4) is 0 Å². The number of likely N-dealkylation sites (tertiary alicyclic amines) is 1. The highest BCUT2D eigenvalue weighted by Crippen LogP contribution is 2.35. The van der Waals surface area contributed by atoms with E-state index in [4.69, 9.17) is 14.5 Å². The smallest absolute Gasteiger partial charge is 0.258 e. The Kier molecular flexibility index (Phi) is 10.3. The highest BCUT2D eigenvalue weighted by atomic mass is 32.2. The first-order valence-corrected chi connectivity index (χ1v) is 18.5. The van der Waals surface area contributed by atoms with Crippen molar-refractivity contribution in [3.63, 3.8) is 0 Å². The number of fused-ring (bicyclic) bond motifs is 1. The molecule has 2 aromatic heterocycles. The molecule has 1 saturated carbocycles. The molecule has 2 aliphatic rings. The first-order chi connectivity index (χ1) is 24.4. The Balaban J connectivity index is 1.30. The lowest BCUT2D eigenvalue weighted by molar-refractivity contribution is -0.146. The van der Waals surface area contributed by atoms with Crippen LogP contribution in [0.25, 0.3) is 22.2 Å². The largest absolute Gasteiger partial charge is 0.497 e. The van der Waals surface area contributed by atoms with Crippen molar-refractivity contribution < 1.29 is 37.4 Å². The monoisotopic (exact) mass is 718 g/mol. The molecule has 0 bridgehead atoms. The molecule has 0 radical (unpaired) electrons. The maximum atomic E-state index is 14.1. The van der Waals surface area contributed by atoms with Crippen molar-refractivity contribution in [2.24, 2.45) is 0 Å². The average molecular weight is 719 g/mol. The summed E-state index contributed by atoms with van der Waals surface area (Å²) in [7, 11) is -2.32. The zero-order valence-electron chi connectivity index (χ0n) is 28.7. The fourth-order valence-corrected chi connectivity index (χ4v) is 7.79. The van der Waals surface area contributed by atoms with E-state index in [2.05, 4.69) is 20.0 Å². The van der Waals surface area contributed by atoms with Crippen LogP contribution in [0.15, 0.2) is 67.1 Å². The molecule has 1 aliphatic carbocycles. The Morgan fingerprint density at radius 2 is 1.90 bits per heavy atom. The SMILES string of the molecule is CCC[C@](C)(NC(=O)[C@@H]1C[C@@H](Oc2cc(-c3ccccc3)nc3cc(OC)ccc23)CN1C(=O)C(O)Cc1c[nH]cn1)C(=O)NS(=O)(=O)C1CC1. The number of aliphatic hydroxyl groups excluding tert-OH is 1. The van der Waals surface area contributed by atoms with Gasteiger partial charge in [-0.15, -0.1) is 0 Å². The second-order valence-corrected chi connectivity index (χ2v) is 15.2. The third-order valence-electron chi connectivity index (χ3n) is 9.28. The summed E-state index contributed by atoms with van der Waals surface area (Å²) in [6.07, 6.45) is 2.24. The molecule has 51 heavy (non-hydrogen) atoms. The first-order valence-electron chi connectivity index (χ1n) is 17.0. The van der Waals surface area contributed by atoms with Crippen molar-refractivity contribution in [3.05, 3.63) is 72.8 Å². The summed E-state index contributed by atoms with van der Waals surface area (Å²) in [5, 5.41) is 13.8. The molecule has 14 nitrogen and oxygen atoms in total. The van der Waals surface area contributed by atoms with E-state index in [-0.39, 0.29) is 25.8 Å². The minimum atomic E-state index is -3.88. The normalized spacial score (nSPS) is 19.3. The molecule has 270 valence electrons. The number of nitrogens with zero attached hydrogens (tertiary/aromatic N) is 3. The maximum Gasteiger partial charge on any atom is 0.258 e. The van der Waals surface area contributed by atoms with E-state index in [1.165, 1.54) is 18.2 Å². The van der Waals surface area contributed by atoms with E-state index in [0.717, 1.165) is 5.56 Å². The number of aromatic nitrogens is 3. The number of rotatable bonds is 14. The topological polar surface area (TPSA) is 193 Å². The van der Waals surface area contributed by atoms with Crippen LogP contribution in [-0.2, 0) is 30.8 Å². The maximum absolute atomic E-state index is 14.1. The van der Waals surface area contributed by atoms with Crippen LogP contribution in [0.2, 0.25) is 0 Å². The van der Waals surface area contributed by atoms with Crippen molar-refractivity contribution in [2.45, 2.75) is 81.4 Å². The second-order valence-electron chi connectivity index (χ2n) is 13.3. The average Bonchev–Trinajstić information content (AvgIpc) is 3.72. The van der Waals surface area contributed by atoms with Gasteiger partial charge in [0.1, 0.15) is 35.3 Å². The zero-order valence-corrected chi connectivity index (χ0v) is 29.5. The number of benzene rings is 2. The molecule has 15 heteroatoms. The van der Waals surface area contributed by atoms with Gasteiger partial charge in [0, 0.05) is 42.1 Å². The van der Waals surface area contributed by atoms with Gasteiger partial charge in [0.25, 0.3) is 11.8 Å². The van der Waals surface area contributed by atoms with Gasteiger partial charge in [0.15, 0.2) is 0 Å². The first kappa shape index (κ1) is 35.8. The van der Waals surface area contributed by atoms with Gasteiger partial charge in [-0.05, 0) is 38.3 Å². The predicted octanol–water partition coefficient (Wildman–Crippen LogP) is 2.87. The summed E-state index contributed by atoms with van der Waals surface area (Å²) in [6, 6.07) is 15.6. The number of aliphatic hydroxyl groups is 1. The number of hydrogen-bond acceptors (Lipinski definition) is 10. The molecule has 4 N–H and O–H groups in total. The van der Waals surface area contributed by atoms with Crippen molar-refractivity contribution in [1.82, 2.24) is 29.9 Å². The Labute approximate surface area is 296 Å². The Morgan fingerprint density at radius 3 is 2.57 bits per heavy atom. The quantitative estimate of drug-likeness (QED) is 0.151. The Bertz CT molecular complexity index is 2000. The zero-order chi connectivity index (χ0) is 36.3. The summed E-state index contributed by atoms with van der Waals surface area (Å²) in [6.45, 7) is 3.23. The van der Waals surface area contributed by atoms with Crippen LogP contribution in [0.5, 0.6) is 11.5 Å². The van der Waals surface area contributed by atoms with E-state index in [9.17, 15) is 27.9 Å². The molecule has 3 amide bonds. The molecule has 1 unspecified atom stereocenters. The number of amides is 3. The van der Waals surface area contributed by atoms with Crippen LogP contribution < -0.4 is 19.5 Å². The van der Waals surface area contributed by atoms with Gasteiger partial charge in [-0.3, -0.25) is 19.1 Å². The Morgan fingerprint density at radius 1 is 1.14 bits per heavy atom. The number of ether oxygens (including phenoxy) is 2. The van der Waals surface area contributed by atoms with Gasteiger partial charge < -0.3 is 29.8 Å². The summed E-state index contributed by atoms with van der Waals surface area (Å²) in [4.78, 5) is 54.3. The fourth-order valence-electron chi connectivity index (χ4n) is 6.38. The summed E-state index contributed by atoms with van der Waals surface area (Å²) < 4.78 is 39.5. The number of imidazole rings is 1. The molecule has 2 aromatic carbocycles. The lowest BCUT2D eigenvalue weighted by Crippen LogP contribution is -2.61. The second kappa shape index (κ2) is 14.7. The number of carbonyl (C=O) groups excluding carboxylic acids is 3. The summed E-state index contributed by atoms with van der Waals surface area (Å²) in [5.41, 5.74) is 0.970. The standard InChI is InChI=1S/C36H42N6O8S/c1-4-14-36(2,35(46)41-51(47,48)26-11-12-26)40-33(44)30-17-25(20-42(30)34(45)31(43)15-23-19-37-21-38-23)50-32-18-28(22-8-6-5-7-9-22)39-29-16-24(49-3)10-13-27(29)32/h5-10,13,16,18-19,21,25-26,30-31,43H,4,11-12,14-15,17,20H2,1-3H3,(H,37,38)(H,40,44)(H,41,46)/t25-,30+,31?,36+/m1/s1. The number of methoxy groups -OCH3 is 1. The van der Waals surface area contributed by atoms with Crippen LogP contribution in [0.1, 0.15) is 51.6 Å². The van der Waals surface area contributed by atoms with E-state index in [0.29, 0.717) is 53.1 Å². The summed E-state index contributed by atoms with van der Waals surface area (Å²) in [5.74, 6) is -1.16. The molecular weight excluding hydrogens is 676 g/mol. The molecule has 6 rings (SSSR count). The van der Waals surface area contributed by atoms with Crippen LogP contribution in [0.4, 0.5) is 0 Å². The van der Waals surface area contributed by atoms with Gasteiger partial charge in [0.2, 0.25) is 15.9 Å².